The summed E-state index contributed by atoms with van der Waals surface area (Å²) in [6.07, 6.45) is 2.20. The molecule has 2 heterocycles. The van der Waals surface area contributed by atoms with E-state index >= 15 is 0 Å². The molecule has 18 heavy (non-hydrogen) atoms. The Hall–Kier alpha value is -2.15. The van der Waals surface area contributed by atoms with E-state index in [1.807, 2.05) is 0 Å². The number of carbonyl (C=O) groups is 2. The normalized spacial score (nSPS) is 15.8. The number of hydrogen-bond acceptors (Lipinski definition) is 5. The van der Waals surface area contributed by atoms with Gasteiger partial charge < -0.3 is 15.6 Å². The van der Waals surface area contributed by atoms with Gasteiger partial charge in [-0.05, 0) is 18.6 Å². The predicted octanol–water partition coefficient (Wildman–Crippen LogP) is -0.671. The van der Waals surface area contributed by atoms with Crippen LogP contribution in [0.5, 0.6) is 0 Å². The Labute approximate surface area is 104 Å². The summed E-state index contributed by atoms with van der Waals surface area (Å²) in [5, 5.41) is 2.72. The van der Waals surface area contributed by atoms with Gasteiger partial charge in [0.1, 0.15) is 5.82 Å². The Kier molecular flexibility index (Phi) is 3.73. The van der Waals surface area contributed by atoms with Crippen LogP contribution < -0.4 is 16.6 Å². The van der Waals surface area contributed by atoms with E-state index in [4.69, 9.17) is 5.84 Å². The zero-order valence-corrected chi connectivity index (χ0v) is 9.85. The molecular weight excluding hydrogens is 234 g/mol. The Balaban J connectivity index is 2.11. The molecule has 1 aromatic heterocycles. The second-order valence-electron chi connectivity index (χ2n) is 4.01. The lowest BCUT2D eigenvalue weighted by molar-refractivity contribution is -0.121. The van der Waals surface area contributed by atoms with Crippen molar-refractivity contribution in [2.75, 3.05) is 25.1 Å². The zero-order valence-electron chi connectivity index (χ0n) is 9.85. The largest absolute Gasteiger partial charge is 0.354 e. The van der Waals surface area contributed by atoms with Crippen LogP contribution >= 0.6 is 0 Å². The van der Waals surface area contributed by atoms with Crippen molar-refractivity contribution in [2.24, 2.45) is 5.84 Å². The number of rotatable bonds is 2. The second kappa shape index (κ2) is 5.46. The van der Waals surface area contributed by atoms with Crippen molar-refractivity contribution >= 4 is 17.6 Å². The van der Waals surface area contributed by atoms with Gasteiger partial charge in [-0.3, -0.25) is 9.59 Å². The first-order chi connectivity index (χ1) is 8.70. The molecule has 0 atom stereocenters. The molecule has 4 N–H and O–H groups in total. The Morgan fingerprint density at radius 2 is 2.33 bits per heavy atom. The minimum absolute atomic E-state index is 0.0930. The van der Waals surface area contributed by atoms with E-state index in [0.717, 1.165) is 6.42 Å². The van der Waals surface area contributed by atoms with Gasteiger partial charge in [0.15, 0.2) is 0 Å². The van der Waals surface area contributed by atoms with Gasteiger partial charge in [-0.1, -0.05) is 0 Å². The Morgan fingerprint density at radius 1 is 1.50 bits per heavy atom. The quantitative estimate of drug-likeness (QED) is 0.477. The third-order valence-electron chi connectivity index (χ3n) is 2.71. The minimum atomic E-state index is -0.192. The van der Waals surface area contributed by atoms with Crippen molar-refractivity contribution < 1.29 is 9.59 Å². The molecule has 7 heteroatoms. The molecule has 0 aromatic carbocycles. The van der Waals surface area contributed by atoms with Crippen LogP contribution in [0.15, 0.2) is 18.3 Å². The summed E-state index contributed by atoms with van der Waals surface area (Å²) >= 11 is 0. The lowest BCUT2D eigenvalue weighted by Crippen LogP contribution is -2.37. The summed E-state index contributed by atoms with van der Waals surface area (Å²) in [6.45, 7) is 1.26. The molecule has 0 aliphatic carbocycles. The number of aromatic nitrogens is 1. The first kappa shape index (κ1) is 12.3. The summed E-state index contributed by atoms with van der Waals surface area (Å²) in [5.41, 5.74) is 2.84. The number of nitrogens with zero attached hydrogens (tertiary/aromatic N) is 2. The summed E-state index contributed by atoms with van der Waals surface area (Å²) < 4.78 is 0. The molecule has 1 aromatic rings. The summed E-state index contributed by atoms with van der Waals surface area (Å²) in [5.74, 6) is 5.36. The van der Waals surface area contributed by atoms with Crippen LogP contribution in [0, 0.1) is 0 Å². The number of hydrazine groups is 1. The molecule has 2 rings (SSSR count). The number of nitrogens with one attached hydrogen (secondary N) is 2. The molecule has 2 amide bonds. The number of carbonyl (C=O) groups excluding carboxylic acids is 2. The maximum absolute atomic E-state index is 12.2. The van der Waals surface area contributed by atoms with Crippen molar-refractivity contribution in [1.29, 1.82) is 0 Å². The van der Waals surface area contributed by atoms with E-state index < -0.39 is 0 Å². The minimum Gasteiger partial charge on any atom is -0.354 e. The van der Waals surface area contributed by atoms with Crippen molar-refractivity contribution in [3.05, 3.63) is 23.9 Å². The van der Waals surface area contributed by atoms with Crippen molar-refractivity contribution in [3.63, 3.8) is 0 Å². The lowest BCUT2D eigenvalue weighted by atomic mass is 10.2. The molecule has 1 aliphatic heterocycles. The fraction of sp³-hybridized carbons (Fsp3) is 0.364. The summed E-state index contributed by atoms with van der Waals surface area (Å²) in [4.78, 5) is 29.0. The number of nitrogens with two attached hydrogens (primary N) is 1. The standard InChI is InChI=1S/C11H15N5O2/c12-15-9-3-2-8(6-14-9)11(18)16-5-1-4-13-10(17)7-16/h2-3,6H,1,4-5,7,12H2,(H,13,17)(H,14,15). The molecule has 1 saturated heterocycles. The van der Waals surface area contributed by atoms with Gasteiger partial charge in [0, 0.05) is 19.3 Å². The van der Waals surface area contributed by atoms with E-state index in [1.165, 1.54) is 11.1 Å². The predicted molar refractivity (Wildman–Crippen MR) is 65.6 cm³/mol. The Bertz CT molecular complexity index is 445. The summed E-state index contributed by atoms with van der Waals surface area (Å²) in [6, 6.07) is 3.25. The molecule has 0 radical (unpaired) electrons. The number of amides is 2. The third-order valence-corrected chi connectivity index (χ3v) is 2.71. The van der Waals surface area contributed by atoms with Crippen molar-refractivity contribution in [3.8, 4) is 0 Å². The average molecular weight is 249 g/mol. The number of pyridine rings is 1. The van der Waals surface area contributed by atoms with Gasteiger partial charge in [0.25, 0.3) is 5.91 Å². The highest BCUT2D eigenvalue weighted by molar-refractivity contribution is 5.96. The molecule has 0 unspecified atom stereocenters. The molecule has 96 valence electrons. The molecule has 1 fully saturated rings. The molecule has 0 bridgehead atoms. The lowest BCUT2D eigenvalue weighted by Gasteiger charge is -2.18. The van der Waals surface area contributed by atoms with E-state index in [1.54, 1.807) is 12.1 Å². The number of nitrogen functional groups attached to an aromatic ring is 1. The van der Waals surface area contributed by atoms with Crippen LogP contribution in [0.25, 0.3) is 0 Å². The van der Waals surface area contributed by atoms with Crippen LogP contribution in [0.4, 0.5) is 5.82 Å². The average Bonchev–Trinajstić information content (AvgIpc) is 2.63. The third kappa shape index (κ3) is 2.75. The fourth-order valence-corrected chi connectivity index (χ4v) is 1.77. The highest BCUT2D eigenvalue weighted by Crippen LogP contribution is 2.08. The second-order valence-corrected chi connectivity index (χ2v) is 4.01. The number of hydrogen-bond donors (Lipinski definition) is 3. The Morgan fingerprint density at radius 3 is 3.00 bits per heavy atom. The topological polar surface area (TPSA) is 100 Å². The van der Waals surface area contributed by atoms with E-state index in [-0.39, 0.29) is 18.4 Å². The maximum Gasteiger partial charge on any atom is 0.255 e. The van der Waals surface area contributed by atoms with Crippen LogP contribution in [-0.2, 0) is 4.79 Å². The maximum atomic E-state index is 12.2. The van der Waals surface area contributed by atoms with Gasteiger partial charge in [-0.15, -0.1) is 0 Å². The number of anilines is 1. The van der Waals surface area contributed by atoms with Gasteiger partial charge >= 0.3 is 0 Å². The van der Waals surface area contributed by atoms with Crippen LogP contribution in [0.3, 0.4) is 0 Å². The molecule has 0 saturated carbocycles. The SMILES string of the molecule is NNc1ccc(C(=O)N2CCCNC(=O)C2)cn1. The molecule has 0 spiro atoms. The molecule has 7 nitrogen and oxygen atoms in total. The molecular formula is C11H15N5O2. The fourth-order valence-electron chi connectivity index (χ4n) is 1.77. The van der Waals surface area contributed by atoms with Crippen molar-refractivity contribution in [1.82, 2.24) is 15.2 Å². The van der Waals surface area contributed by atoms with Gasteiger partial charge in [-0.2, -0.15) is 0 Å². The van der Waals surface area contributed by atoms with E-state index in [9.17, 15) is 9.59 Å². The zero-order chi connectivity index (χ0) is 13.0. The smallest absolute Gasteiger partial charge is 0.255 e. The van der Waals surface area contributed by atoms with Crippen molar-refractivity contribution in [2.45, 2.75) is 6.42 Å². The first-order valence-electron chi connectivity index (χ1n) is 5.69. The van der Waals surface area contributed by atoms with E-state index in [0.29, 0.717) is 24.5 Å². The van der Waals surface area contributed by atoms with Gasteiger partial charge in [0.2, 0.25) is 5.91 Å². The van der Waals surface area contributed by atoms with E-state index in [2.05, 4.69) is 15.7 Å². The first-order valence-corrected chi connectivity index (χ1v) is 5.69. The highest BCUT2D eigenvalue weighted by atomic mass is 16.2. The van der Waals surface area contributed by atoms with Crippen LogP contribution in [0.1, 0.15) is 16.8 Å². The van der Waals surface area contributed by atoms with Crippen LogP contribution in [0.2, 0.25) is 0 Å². The molecule has 1 aliphatic rings. The van der Waals surface area contributed by atoms with Crippen LogP contribution in [-0.4, -0.2) is 41.3 Å². The van der Waals surface area contributed by atoms with Gasteiger partial charge in [0.05, 0.1) is 12.1 Å². The highest BCUT2D eigenvalue weighted by Gasteiger charge is 2.20. The monoisotopic (exact) mass is 249 g/mol. The van der Waals surface area contributed by atoms with Gasteiger partial charge in [-0.25, -0.2) is 10.8 Å². The summed E-state index contributed by atoms with van der Waals surface area (Å²) in [7, 11) is 0.